The Hall–Kier alpha value is -1.26. The van der Waals surface area contributed by atoms with Crippen LogP contribution in [0.2, 0.25) is 0 Å². The lowest BCUT2D eigenvalue weighted by Gasteiger charge is -2.13. The van der Waals surface area contributed by atoms with E-state index in [1.165, 1.54) is 54.9 Å². The highest BCUT2D eigenvalue weighted by Crippen LogP contribution is 2.21. The summed E-state index contributed by atoms with van der Waals surface area (Å²) in [6.07, 6.45) is 4.97. The molecule has 3 rings (SSSR count). The first-order valence-corrected chi connectivity index (χ1v) is 9.78. The third kappa shape index (κ3) is 4.85. The average Bonchev–Trinajstić information content (AvgIpc) is 3.07. The first kappa shape index (κ1) is 16.6. The summed E-state index contributed by atoms with van der Waals surface area (Å²) in [7, 11) is 0. The number of para-hydroxylation sites is 1. The van der Waals surface area contributed by atoms with Gasteiger partial charge in [-0.25, -0.2) is 4.98 Å². The van der Waals surface area contributed by atoms with Crippen LogP contribution in [0.3, 0.4) is 0 Å². The highest BCUT2D eigenvalue weighted by Gasteiger charge is 2.10. The molecule has 2 heterocycles. The van der Waals surface area contributed by atoms with E-state index in [0.717, 1.165) is 24.4 Å². The number of aromatic nitrogens is 1. The van der Waals surface area contributed by atoms with Gasteiger partial charge in [0.25, 0.3) is 0 Å². The molecular weight excluding hydrogens is 304 g/mol. The maximum Gasteiger partial charge on any atom is 0.214 e. The van der Waals surface area contributed by atoms with Crippen molar-refractivity contribution in [3.05, 3.63) is 35.9 Å². The molecule has 1 fully saturated rings. The maximum atomic E-state index is 5.85. The fourth-order valence-corrected chi connectivity index (χ4v) is 4.02. The van der Waals surface area contributed by atoms with Crippen LogP contribution in [0.15, 0.2) is 30.3 Å². The number of pyridine rings is 1. The molecular formula is C19H26N2OS. The third-order valence-electron chi connectivity index (χ3n) is 4.34. The molecule has 0 bridgehead atoms. The van der Waals surface area contributed by atoms with E-state index in [4.69, 9.17) is 4.74 Å². The molecule has 2 aromatic rings. The summed E-state index contributed by atoms with van der Waals surface area (Å²) in [4.78, 5) is 7.15. The number of benzene rings is 1. The number of rotatable bonds is 8. The Morgan fingerprint density at radius 2 is 2.04 bits per heavy atom. The Balaban J connectivity index is 1.35. The number of nitrogens with zero attached hydrogens (tertiary/aromatic N) is 2. The molecule has 0 radical (unpaired) electrons. The Kier molecular flexibility index (Phi) is 6.17. The summed E-state index contributed by atoms with van der Waals surface area (Å²) in [5, 5.41) is 1.21. The normalized spacial score (nSPS) is 15.3. The predicted octanol–water partition coefficient (Wildman–Crippen LogP) is 4.49. The summed E-state index contributed by atoms with van der Waals surface area (Å²) in [5.74, 6) is 3.30. The molecule has 0 aliphatic carbocycles. The molecule has 1 aromatic carbocycles. The van der Waals surface area contributed by atoms with Crippen LogP contribution < -0.4 is 4.74 Å². The van der Waals surface area contributed by atoms with Crippen LogP contribution in [0.5, 0.6) is 5.88 Å². The van der Waals surface area contributed by atoms with Gasteiger partial charge in [0.15, 0.2) is 0 Å². The van der Waals surface area contributed by atoms with Gasteiger partial charge in [0.2, 0.25) is 5.88 Å². The molecule has 4 heteroatoms. The van der Waals surface area contributed by atoms with E-state index in [1.807, 2.05) is 18.2 Å². The zero-order chi connectivity index (χ0) is 15.9. The molecule has 0 amide bonds. The van der Waals surface area contributed by atoms with E-state index in [0.29, 0.717) is 0 Å². The Morgan fingerprint density at radius 1 is 1.17 bits per heavy atom. The number of thioether (sulfide) groups is 1. The molecule has 0 atom stereocenters. The van der Waals surface area contributed by atoms with Crippen LogP contribution in [0.25, 0.3) is 10.9 Å². The van der Waals surface area contributed by atoms with Crippen molar-refractivity contribution >= 4 is 22.7 Å². The van der Waals surface area contributed by atoms with Gasteiger partial charge in [-0.1, -0.05) is 31.0 Å². The molecule has 3 nitrogen and oxygen atoms in total. The van der Waals surface area contributed by atoms with E-state index in [1.54, 1.807) is 0 Å². The van der Waals surface area contributed by atoms with Crippen LogP contribution in [0.4, 0.5) is 0 Å². The highest BCUT2D eigenvalue weighted by molar-refractivity contribution is 7.99. The zero-order valence-electron chi connectivity index (χ0n) is 14.0. The Morgan fingerprint density at radius 3 is 2.91 bits per heavy atom. The lowest BCUT2D eigenvalue weighted by atomic mass is 10.1. The van der Waals surface area contributed by atoms with Gasteiger partial charge in [-0.3, -0.25) is 4.90 Å². The minimum atomic E-state index is 0.760. The second-order valence-electron chi connectivity index (χ2n) is 6.21. The zero-order valence-corrected chi connectivity index (χ0v) is 14.8. The quantitative estimate of drug-likeness (QED) is 0.666. The van der Waals surface area contributed by atoms with E-state index in [2.05, 4.69) is 40.7 Å². The third-order valence-corrected chi connectivity index (χ3v) is 5.36. The smallest absolute Gasteiger partial charge is 0.214 e. The standard InChI is InChI=1S/C19H26N2OS/c1-16-14-19(20-18-9-5-4-8-17(16)18)22-12-7-3-2-6-10-21-11-13-23-15-21/h4-5,8-9,14H,2-3,6-7,10-13,15H2,1H3. The molecule has 0 spiro atoms. The summed E-state index contributed by atoms with van der Waals surface area (Å²) in [5.41, 5.74) is 2.25. The van der Waals surface area contributed by atoms with E-state index >= 15 is 0 Å². The molecule has 0 saturated carbocycles. The predicted molar refractivity (Wildman–Crippen MR) is 99.3 cm³/mol. The molecule has 1 aromatic heterocycles. The molecule has 1 aliphatic rings. The number of unbranched alkanes of at least 4 members (excludes halogenated alkanes) is 3. The lowest BCUT2D eigenvalue weighted by Crippen LogP contribution is -2.20. The first-order valence-electron chi connectivity index (χ1n) is 8.62. The van der Waals surface area contributed by atoms with Crippen LogP contribution in [-0.2, 0) is 0 Å². The average molecular weight is 330 g/mol. The molecule has 1 saturated heterocycles. The number of aryl methyl sites for hydroxylation is 1. The van der Waals surface area contributed by atoms with Crippen molar-refractivity contribution in [1.82, 2.24) is 9.88 Å². The topological polar surface area (TPSA) is 25.4 Å². The van der Waals surface area contributed by atoms with Gasteiger partial charge in [-0.05, 0) is 37.9 Å². The largest absolute Gasteiger partial charge is 0.478 e. The minimum Gasteiger partial charge on any atom is -0.478 e. The van der Waals surface area contributed by atoms with Crippen molar-refractivity contribution in [3.63, 3.8) is 0 Å². The van der Waals surface area contributed by atoms with Gasteiger partial charge >= 0.3 is 0 Å². The molecule has 1 aliphatic heterocycles. The molecule has 23 heavy (non-hydrogen) atoms. The number of ether oxygens (including phenoxy) is 1. The maximum absolute atomic E-state index is 5.85. The van der Waals surface area contributed by atoms with Gasteiger partial charge < -0.3 is 4.74 Å². The van der Waals surface area contributed by atoms with Crippen LogP contribution >= 0.6 is 11.8 Å². The highest BCUT2D eigenvalue weighted by atomic mass is 32.2. The van der Waals surface area contributed by atoms with Gasteiger partial charge in [0.1, 0.15) is 0 Å². The summed E-state index contributed by atoms with van der Waals surface area (Å²) in [6, 6.07) is 10.3. The van der Waals surface area contributed by atoms with Crippen LogP contribution in [-0.4, -0.2) is 41.2 Å². The second kappa shape index (κ2) is 8.55. The number of hydrogen-bond donors (Lipinski definition) is 0. The molecule has 0 N–H and O–H groups in total. The minimum absolute atomic E-state index is 0.760. The lowest BCUT2D eigenvalue weighted by molar-refractivity contribution is 0.290. The Bertz CT molecular complexity index is 626. The second-order valence-corrected chi connectivity index (χ2v) is 7.29. The summed E-state index contributed by atoms with van der Waals surface area (Å²) in [6.45, 7) is 5.43. The monoisotopic (exact) mass is 330 g/mol. The van der Waals surface area contributed by atoms with E-state index in [-0.39, 0.29) is 0 Å². The van der Waals surface area contributed by atoms with Crippen LogP contribution in [0, 0.1) is 6.92 Å². The van der Waals surface area contributed by atoms with Gasteiger partial charge in [-0.2, -0.15) is 0 Å². The number of fused-ring (bicyclic) bond motifs is 1. The summed E-state index contributed by atoms with van der Waals surface area (Å²) >= 11 is 2.05. The van der Waals surface area contributed by atoms with Crippen molar-refractivity contribution in [2.75, 3.05) is 31.3 Å². The molecule has 0 unspecified atom stereocenters. The fraction of sp³-hybridized carbons (Fsp3) is 0.526. The fourth-order valence-electron chi connectivity index (χ4n) is 2.99. The van der Waals surface area contributed by atoms with Gasteiger partial charge in [0, 0.05) is 29.6 Å². The SMILES string of the molecule is Cc1cc(OCCCCCCN2CCSC2)nc2ccccc12. The summed E-state index contributed by atoms with van der Waals surface area (Å²) < 4.78 is 5.85. The van der Waals surface area contributed by atoms with Crippen molar-refractivity contribution in [2.24, 2.45) is 0 Å². The van der Waals surface area contributed by atoms with E-state index < -0.39 is 0 Å². The molecule has 124 valence electrons. The number of hydrogen-bond acceptors (Lipinski definition) is 4. The Labute approximate surface area is 143 Å². The van der Waals surface area contributed by atoms with Gasteiger partial charge in [-0.15, -0.1) is 11.8 Å². The van der Waals surface area contributed by atoms with Crippen molar-refractivity contribution < 1.29 is 4.74 Å². The van der Waals surface area contributed by atoms with Crippen molar-refractivity contribution in [2.45, 2.75) is 32.6 Å². The van der Waals surface area contributed by atoms with Gasteiger partial charge in [0.05, 0.1) is 12.1 Å². The van der Waals surface area contributed by atoms with Crippen LogP contribution in [0.1, 0.15) is 31.2 Å². The van der Waals surface area contributed by atoms with Crippen molar-refractivity contribution in [3.8, 4) is 5.88 Å². The van der Waals surface area contributed by atoms with Crippen molar-refractivity contribution in [1.29, 1.82) is 0 Å². The first-order chi connectivity index (χ1) is 11.3. The van der Waals surface area contributed by atoms with E-state index in [9.17, 15) is 0 Å².